The summed E-state index contributed by atoms with van der Waals surface area (Å²) in [5.74, 6) is -2.04. The fourth-order valence-electron chi connectivity index (χ4n) is 3.74. The Kier molecular flexibility index (Phi) is 6.00. The number of carbonyl (C=O) groups is 1. The molecule has 1 saturated heterocycles. The first-order valence-electron chi connectivity index (χ1n) is 8.60. The number of nitrogens with zero attached hydrogens (tertiary/aromatic N) is 1. The monoisotopic (exact) mass is 473 g/mol. The van der Waals surface area contributed by atoms with Gasteiger partial charge < -0.3 is 5.11 Å². The summed E-state index contributed by atoms with van der Waals surface area (Å²) in [6.07, 6.45) is -5.65. The van der Waals surface area contributed by atoms with E-state index < -0.39 is 67.2 Å². The molecule has 0 bridgehead atoms. The van der Waals surface area contributed by atoms with E-state index in [1.165, 1.54) is 20.8 Å². The second-order valence-corrected chi connectivity index (χ2v) is 11.8. The molecule has 1 aromatic carbocycles. The summed E-state index contributed by atoms with van der Waals surface area (Å²) in [6.45, 7) is 3.83. The molecule has 2 rings (SSSR count). The average Bonchev–Trinajstić information content (AvgIpc) is 2.83. The van der Waals surface area contributed by atoms with E-state index in [0.717, 1.165) is 30.5 Å². The summed E-state index contributed by atoms with van der Waals surface area (Å²) < 4.78 is 92.8. The van der Waals surface area contributed by atoms with E-state index in [1.807, 2.05) is 0 Å². The van der Waals surface area contributed by atoms with Gasteiger partial charge in [-0.05, 0) is 23.1 Å². The van der Waals surface area contributed by atoms with Crippen molar-refractivity contribution in [2.75, 3.05) is 18.6 Å². The zero-order chi connectivity index (χ0) is 23.3. The first-order chi connectivity index (χ1) is 13.3. The fourth-order valence-corrected chi connectivity index (χ4v) is 6.30. The SMILES string of the molecule is CC(C)(C)[C@@]1([C@@H](CS(C)(=O)=O)c2ccc(C(F)(F)F)cc2)COS(=O)(=O)N1C(=O)O. The maximum absolute atomic E-state index is 12.9. The maximum atomic E-state index is 12.9. The van der Waals surface area contributed by atoms with Gasteiger partial charge in [0.25, 0.3) is 0 Å². The molecule has 2 atom stereocenters. The highest BCUT2D eigenvalue weighted by atomic mass is 32.2. The van der Waals surface area contributed by atoms with Gasteiger partial charge in [-0.1, -0.05) is 32.9 Å². The molecule has 1 aromatic rings. The first-order valence-corrected chi connectivity index (χ1v) is 12.0. The minimum absolute atomic E-state index is 0.0373. The van der Waals surface area contributed by atoms with Crippen LogP contribution in [0.1, 0.15) is 37.8 Å². The van der Waals surface area contributed by atoms with Crippen LogP contribution in [-0.2, 0) is 30.5 Å². The fraction of sp³-hybridized carbons (Fsp3) is 0.588. The molecule has 0 spiro atoms. The van der Waals surface area contributed by atoms with Crippen LogP contribution in [0.15, 0.2) is 24.3 Å². The second kappa shape index (κ2) is 7.38. The number of sulfone groups is 1. The molecule has 13 heteroatoms. The van der Waals surface area contributed by atoms with Crippen molar-refractivity contribution in [3.05, 3.63) is 35.4 Å². The number of hydrogen-bond donors (Lipinski definition) is 1. The summed E-state index contributed by atoms with van der Waals surface area (Å²) in [5.41, 5.74) is -4.07. The predicted molar refractivity (Wildman–Crippen MR) is 101 cm³/mol. The summed E-state index contributed by atoms with van der Waals surface area (Å²) in [6, 6.07) is 3.51. The van der Waals surface area contributed by atoms with E-state index in [2.05, 4.69) is 0 Å². The van der Waals surface area contributed by atoms with E-state index >= 15 is 0 Å². The molecule has 1 fully saturated rings. The van der Waals surface area contributed by atoms with Gasteiger partial charge in [0.05, 0.1) is 17.9 Å². The number of benzene rings is 1. The Morgan fingerprint density at radius 1 is 1.23 bits per heavy atom. The highest BCUT2D eigenvalue weighted by Gasteiger charge is 2.64. The zero-order valence-corrected chi connectivity index (χ0v) is 18.2. The third-order valence-corrected chi connectivity index (χ3v) is 7.46. The molecule has 0 aliphatic carbocycles. The Morgan fingerprint density at radius 3 is 2.10 bits per heavy atom. The summed E-state index contributed by atoms with van der Waals surface area (Å²) >= 11 is 0. The third-order valence-electron chi connectivity index (χ3n) is 5.17. The maximum Gasteiger partial charge on any atom is 0.423 e. The van der Waals surface area contributed by atoms with Gasteiger partial charge in [-0.2, -0.15) is 25.9 Å². The highest BCUT2D eigenvalue weighted by molar-refractivity contribution is 7.90. The minimum atomic E-state index is -4.76. The van der Waals surface area contributed by atoms with Gasteiger partial charge in [0, 0.05) is 12.2 Å². The smallest absolute Gasteiger partial charge is 0.423 e. The van der Waals surface area contributed by atoms with Crippen molar-refractivity contribution in [1.29, 1.82) is 0 Å². The van der Waals surface area contributed by atoms with Crippen molar-refractivity contribution in [3.8, 4) is 0 Å². The highest BCUT2D eigenvalue weighted by Crippen LogP contribution is 2.52. The van der Waals surface area contributed by atoms with E-state index in [9.17, 15) is 39.9 Å². The van der Waals surface area contributed by atoms with Crippen molar-refractivity contribution < 1.29 is 44.1 Å². The Morgan fingerprint density at radius 2 is 1.73 bits per heavy atom. The molecule has 0 aromatic heterocycles. The molecule has 8 nitrogen and oxygen atoms in total. The largest absolute Gasteiger partial charge is 0.464 e. The van der Waals surface area contributed by atoms with Crippen LogP contribution in [-0.4, -0.2) is 56.5 Å². The minimum Gasteiger partial charge on any atom is -0.464 e. The molecule has 1 aliphatic rings. The second-order valence-electron chi connectivity index (χ2n) is 8.21. The van der Waals surface area contributed by atoms with Gasteiger partial charge in [-0.25, -0.2) is 13.2 Å². The van der Waals surface area contributed by atoms with Crippen LogP contribution in [0, 0.1) is 5.41 Å². The third kappa shape index (κ3) is 4.42. The van der Waals surface area contributed by atoms with Crippen LogP contribution < -0.4 is 0 Å². The van der Waals surface area contributed by atoms with Crippen LogP contribution in [0.4, 0.5) is 18.0 Å². The number of rotatable bonds is 4. The lowest BCUT2D eigenvalue weighted by Crippen LogP contribution is -2.62. The molecular weight excluding hydrogens is 451 g/mol. The van der Waals surface area contributed by atoms with Crippen LogP contribution in [0.5, 0.6) is 0 Å². The van der Waals surface area contributed by atoms with Gasteiger partial charge in [0.15, 0.2) is 0 Å². The van der Waals surface area contributed by atoms with Gasteiger partial charge in [-0.3, -0.25) is 4.18 Å². The molecule has 1 N–H and O–H groups in total. The molecule has 170 valence electrons. The van der Waals surface area contributed by atoms with Crippen molar-refractivity contribution in [3.63, 3.8) is 0 Å². The lowest BCUT2D eigenvalue weighted by atomic mass is 9.65. The van der Waals surface area contributed by atoms with E-state index in [1.54, 1.807) is 0 Å². The molecule has 1 aliphatic heterocycles. The quantitative estimate of drug-likeness (QED) is 0.714. The first kappa shape index (κ1) is 24.4. The number of carboxylic acid groups (broad SMARTS) is 1. The summed E-state index contributed by atoms with van der Waals surface area (Å²) in [5, 5.41) is 9.66. The molecule has 0 saturated carbocycles. The van der Waals surface area contributed by atoms with Crippen LogP contribution in [0.25, 0.3) is 0 Å². The van der Waals surface area contributed by atoms with Gasteiger partial charge in [0.1, 0.15) is 15.4 Å². The number of amides is 1. The van der Waals surface area contributed by atoms with Crippen molar-refractivity contribution in [1.82, 2.24) is 4.31 Å². The molecule has 0 unspecified atom stereocenters. The predicted octanol–water partition coefficient (Wildman–Crippen LogP) is 2.87. The van der Waals surface area contributed by atoms with Crippen molar-refractivity contribution in [2.45, 2.75) is 38.4 Å². The van der Waals surface area contributed by atoms with Gasteiger partial charge >= 0.3 is 22.6 Å². The molecule has 30 heavy (non-hydrogen) atoms. The van der Waals surface area contributed by atoms with Crippen LogP contribution >= 0.6 is 0 Å². The Hall–Kier alpha value is -1.86. The topological polar surface area (TPSA) is 118 Å². The number of hydrogen-bond acceptors (Lipinski definition) is 6. The normalized spacial score (nSPS) is 23.4. The lowest BCUT2D eigenvalue weighted by molar-refractivity contribution is -0.137. The van der Waals surface area contributed by atoms with Gasteiger partial charge in [0.2, 0.25) is 0 Å². The average molecular weight is 473 g/mol. The Balaban J connectivity index is 2.82. The van der Waals surface area contributed by atoms with Gasteiger partial charge in [-0.15, -0.1) is 0 Å². The van der Waals surface area contributed by atoms with Crippen LogP contribution in [0.2, 0.25) is 0 Å². The zero-order valence-electron chi connectivity index (χ0n) is 16.6. The van der Waals surface area contributed by atoms with Crippen molar-refractivity contribution in [2.24, 2.45) is 5.41 Å². The van der Waals surface area contributed by atoms with Crippen molar-refractivity contribution >= 4 is 26.2 Å². The number of halogens is 3. The van der Waals surface area contributed by atoms with E-state index in [4.69, 9.17) is 4.18 Å². The lowest BCUT2D eigenvalue weighted by Gasteiger charge is -2.48. The summed E-state index contributed by atoms with van der Waals surface area (Å²) in [7, 11) is -8.58. The Labute approximate surface area is 172 Å². The summed E-state index contributed by atoms with van der Waals surface area (Å²) in [4.78, 5) is 11.9. The van der Waals surface area contributed by atoms with E-state index in [0.29, 0.717) is 0 Å². The van der Waals surface area contributed by atoms with E-state index in [-0.39, 0.29) is 9.87 Å². The molecule has 1 heterocycles. The number of alkyl halides is 3. The molecular formula is C17H22F3NO7S2. The standard InChI is InChI=1S/C17H22F3NO7S2/c1-15(2,3)16(10-28-30(26,27)21(16)14(22)23)13(9-29(4,24)25)11-5-7-12(8-6-11)17(18,19)20/h5-8,13H,9-10H2,1-4H3,(H,22,23)/t13-,16-/m0/s1. The Bertz CT molecular complexity index is 1030. The molecule has 0 radical (unpaired) electrons. The molecule has 1 amide bonds. The van der Waals surface area contributed by atoms with Crippen LogP contribution in [0.3, 0.4) is 0 Å².